The summed E-state index contributed by atoms with van der Waals surface area (Å²) >= 11 is 3.40. The average Bonchev–Trinajstić information content (AvgIpc) is 2.62. The van der Waals surface area contributed by atoms with Gasteiger partial charge in [0.2, 0.25) is 0 Å². The molecule has 5 heteroatoms. The van der Waals surface area contributed by atoms with Gasteiger partial charge in [0, 0.05) is 17.4 Å². The van der Waals surface area contributed by atoms with Gasteiger partial charge in [0.05, 0.1) is 26.7 Å². The third-order valence-electron chi connectivity index (χ3n) is 3.61. The maximum absolute atomic E-state index is 12.4. The van der Waals surface area contributed by atoms with E-state index in [1.807, 2.05) is 36.1 Å². The number of hydrogen-bond donors (Lipinski definition) is 1. The quantitative estimate of drug-likeness (QED) is 0.888. The van der Waals surface area contributed by atoms with E-state index < -0.39 is 6.10 Å². The molecule has 1 fully saturated rings. The van der Waals surface area contributed by atoms with Crippen molar-refractivity contribution in [3.05, 3.63) is 28.7 Å². The van der Waals surface area contributed by atoms with Gasteiger partial charge in [-0.3, -0.25) is 4.79 Å². The summed E-state index contributed by atoms with van der Waals surface area (Å²) in [5.41, 5.74) is 0. The van der Waals surface area contributed by atoms with Gasteiger partial charge in [-0.05, 0) is 25.1 Å². The molecule has 0 aliphatic carbocycles. The van der Waals surface area contributed by atoms with Crippen molar-refractivity contribution < 1.29 is 14.4 Å². The van der Waals surface area contributed by atoms with E-state index in [2.05, 4.69) is 23.0 Å². The summed E-state index contributed by atoms with van der Waals surface area (Å²) < 4.78 is 6.70. The lowest BCUT2D eigenvalue weighted by molar-refractivity contribution is -0.877. The monoisotopic (exact) mass is 341 g/mol. The first-order chi connectivity index (χ1) is 9.56. The van der Waals surface area contributed by atoms with Crippen LogP contribution in [0.2, 0.25) is 0 Å². The number of halogens is 1. The Hall–Kier alpha value is -1.07. The van der Waals surface area contributed by atoms with E-state index in [1.165, 1.54) is 4.90 Å². The van der Waals surface area contributed by atoms with Crippen LogP contribution in [0, 0.1) is 0 Å². The second kappa shape index (κ2) is 7.09. The first-order valence-corrected chi connectivity index (χ1v) is 7.88. The first-order valence-electron chi connectivity index (χ1n) is 7.08. The summed E-state index contributed by atoms with van der Waals surface area (Å²) in [6, 6.07) is 7.59. The number of likely N-dealkylation sites (N-methyl/N-ethyl adjacent to an activating group) is 1. The summed E-state index contributed by atoms with van der Waals surface area (Å²) in [7, 11) is 2.18. The van der Waals surface area contributed by atoms with Gasteiger partial charge in [0.1, 0.15) is 5.75 Å². The molecule has 0 spiro atoms. The maximum Gasteiger partial charge on any atom is 0.263 e. The molecule has 1 aliphatic rings. The van der Waals surface area contributed by atoms with E-state index in [1.54, 1.807) is 0 Å². The van der Waals surface area contributed by atoms with Gasteiger partial charge in [0.25, 0.3) is 5.91 Å². The van der Waals surface area contributed by atoms with Crippen LogP contribution in [-0.2, 0) is 4.79 Å². The number of hydrogen-bond acceptors (Lipinski definition) is 2. The van der Waals surface area contributed by atoms with Crippen LogP contribution in [0.25, 0.3) is 0 Å². The van der Waals surface area contributed by atoms with Crippen LogP contribution in [0.15, 0.2) is 28.7 Å². The van der Waals surface area contributed by atoms with Crippen LogP contribution in [-0.4, -0.2) is 50.1 Å². The fraction of sp³-hybridized carbons (Fsp3) is 0.533. The van der Waals surface area contributed by atoms with Gasteiger partial charge in [-0.25, -0.2) is 0 Å². The highest BCUT2D eigenvalue weighted by molar-refractivity contribution is 9.10. The minimum Gasteiger partial charge on any atom is -0.481 e. The molecule has 1 aliphatic heterocycles. The standard InChI is InChI=1S/C15H21BrN2O2/c1-12(20-14-6-3-5-13(16)11-14)15(19)18-8-4-7-17(2)9-10-18/h3,5-6,11-12H,4,7-10H2,1-2H3/p+1/t12-/m1/s1. The number of amides is 1. The lowest BCUT2D eigenvalue weighted by Crippen LogP contribution is -3.09. The summed E-state index contributed by atoms with van der Waals surface area (Å²) in [5.74, 6) is 0.803. The predicted octanol–water partition coefficient (Wildman–Crippen LogP) is 0.963. The highest BCUT2D eigenvalue weighted by Gasteiger charge is 2.24. The van der Waals surface area contributed by atoms with Crippen LogP contribution in [0.1, 0.15) is 13.3 Å². The number of benzene rings is 1. The fourth-order valence-corrected chi connectivity index (χ4v) is 2.78. The average molecular weight is 342 g/mol. The van der Waals surface area contributed by atoms with Crippen molar-refractivity contribution in [1.82, 2.24) is 4.90 Å². The van der Waals surface area contributed by atoms with E-state index in [9.17, 15) is 4.79 Å². The zero-order chi connectivity index (χ0) is 14.5. The SMILES string of the molecule is C[C@@H](Oc1cccc(Br)c1)C(=O)N1CCC[NH+](C)CC1. The Labute approximate surface area is 128 Å². The number of carbonyl (C=O) groups is 1. The highest BCUT2D eigenvalue weighted by atomic mass is 79.9. The minimum absolute atomic E-state index is 0.0830. The molecule has 20 heavy (non-hydrogen) atoms. The van der Waals surface area contributed by atoms with Crippen LogP contribution in [0.4, 0.5) is 0 Å². The summed E-state index contributed by atoms with van der Waals surface area (Å²) in [4.78, 5) is 15.8. The number of nitrogens with one attached hydrogen (secondary N) is 1. The Morgan fingerprint density at radius 2 is 2.20 bits per heavy atom. The van der Waals surface area contributed by atoms with Crippen molar-refractivity contribution in [2.75, 3.05) is 33.2 Å². The molecule has 1 amide bonds. The smallest absolute Gasteiger partial charge is 0.263 e. The molecular formula is C15H22BrN2O2+. The van der Waals surface area contributed by atoms with E-state index in [4.69, 9.17) is 4.74 Å². The Bertz CT molecular complexity index is 467. The topological polar surface area (TPSA) is 34.0 Å². The molecule has 1 saturated heterocycles. The van der Waals surface area contributed by atoms with Gasteiger partial charge < -0.3 is 14.5 Å². The first kappa shape index (κ1) is 15.3. The van der Waals surface area contributed by atoms with Crippen molar-refractivity contribution >= 4 is 21.8 Å². The number of rotatable bonds is 3. The lowest BCUT2D eigenvalue weighted by Gasteiger charge is -2.23. The fourth-order valence-electron chi connectivity index (χ4n) is 2.41. The second-order valence-electron chi connectivity index (χ2n) is 5.35. The molecule has 1 heterocycles. The molecule has 2 atom stereocenters. The van der Waals surface area contributed by atoms with E-state index in [0.717, 1.165) is 42.8 Å². The molecular weight excluding hydrogens is 320 g/mol. The van der Waals surface area contributed by atoms with Crippen LogP contribution < -0.4 is 9.64 Å². The minimum atomic E-state index is -0.442. The Morgan fingerprint density at radius 3 is 2.95 bits per heavy atom. The molecule has 1 aromatic rings. The lowest BCUT2D eigenvalue weighted by atomic mass is 10.3. The van der Waals surface area contributed by atoms with Crippen molar-refractivity contribution in [2.45, 2.75) is 19.4 Å². The molecule has 1 unspecified atom stereocenters. The normalized spacial score (nSPS) is 21.1. The largest absolute Gasteiger partial charge is 0.481 e. The zero-order valence-corrected chi connectivity index (χ0v) is 13.6. The van der Waals surface area contributed by atoms with Crippen LogP contribution in [0.5, 0.6) is 5.75 Å². The van der Waals surface area contributed by atoms with E-state index >= 15 is 0 Å². The zero-order valence-electron chi connectivity index (χ0n) is 12.1. The van der Waals surface area contributed by atoms with Crippen molar-refractivity contribution in [1.29, 1.82) is 0 Å². The van der Waals surface area contributed by atoms with Gasteiger partial charge in [-0.2, -0.15) is 0 Å². The highest BCUT2D eigenvalue weighted by Crippen LogP contribution is 2.19. The van der Waals surface area contributed by atoms with Crippen LogP contribution >= 0.6 is 15.9 Å². The van der Waals surface area contributed by atoms with Crippen LogP contribution in [0.3, 0.4) is 0 Å². The Balaban J connectivity index is 1.94. The molecule has 110 valence electrons. The Morgan fingerprint density at radius 1 is 1.40 bits per heavy atom. The number of nitrogens with zero attached hydrogens (tertiary/aromatic N) is 1. The molecule has 1 aromatic carbocycles. The third-order valence-corrected chi connectivity index (χ3v) is 4.10. The Kier molecular flexibility index (Phi) is 5.43. The summed E-state index contributed by atoms with van der Waals surface area (Å²) in [5, 5.41) is 0. The third kappa shape index (κ3) is 4.21. The molecule has 0 bridgehead atoms. The predicted molar refractivity (Wildman–Crippen MR) is 82.0 cm³/mol. The van der Waals surface area contributed by atoms with Gasteiger partial charge in [-0.1, -0.05) is 22.0 Å². The van der Waals surface area contributed by atoms with Gasteiger partial charge in [0.15, 0.2) is 6.10 Å². The van der Waals surface area contributed by atoms with E-state index in [-0.39, 0.29) is 5.91 Å². The molecule has 0 aromatic heterocycles. The number of ether oxygens (including phenoxy) is 1. The molecule has 1 N–H and O–H groups in total. The van der Waals surface area contributed by atoms with Crippen molar-refractivity contribution in [3.63, 3.8) is 0 Å². The molecule has 4 nitrogen and oxygen atoms in total. The maximum atomic E-state index is 12.4. The number of carbonyl (C=O) groups excluding carboxylic acids is 1. The number of quaternary nitrogens is 1. The van der Waals surface area contributed by atoms with Crippen molar-refractivity contribution in [3.8, 4) is 5.75 Å². The van der Waals surface area contributed by atoms with Gasteiger partial charge >= 0.3 is 0 Å². The molecule has 2 rings (SSSR count). The molecule has 0 radical (unpaired) electrons. The second-order valence-corrected chi connectivity index (χ2v) is 6.27. The van der Waals surface area contributed by atoms with E-state index in [0.29, 0.717) is 0 Å². The molecule has 0 saturated carbocycles. The van der Waals surface area contributed by atoms with Crippen molar-refractivity contribution in [2.24, 2.45) is 0 Å². The van der Waals surface area contributed by atoms with Gasteiger partial charge in [-0.15, -0.1) is 0 Å². The summed E-state index contributed by atoms with van der Waals surface area (Å²) in [6.07, 6.45) is 0.615. The summed E-state index contributed by atoms with van der Waals surface area (Å²) in [6.45, 7) is 5.61.